The van der Waals surface area contributed by atoms with Crippen molar-refractivity contribution >= 4 is 27.5 Å². The number of carbonyl (C=O) groups excluding carboxylic acids is 2. The molecule has 0 saturated heterocycles. The van der Waals surface area contributed by atoms with Crippen LogP contribution in [0.4, 0.5) is 41.2 Å². The number of alkyl halides is 7. The van der Waals surface area contributed by atoms with Gasteiger partial charge in [0.25, 0.3) is 5.91 Å². The van der Waals surface area contributed by atoms with E-state index in [9.17, 15) is 48.7 Å². The Morgan fingerprint density at radius 2 is 1.51 bits per heavy atom. The molecule has 0 bridgehead atoms. The van der Waals surface area contributed by atoms with Crippen molar-refractivity contribution in [1.82, 2.24) is 4.90 Å². The molecule has 1 atom stereocenters. The van der Waals surface area contributed by atoms with Gasteiger partial charge in [0.1, 0.15) is 11.6 Å². The Labute approximate surface area is 231 Å². The average molecular weight is 613 g/mol. The summed E-state index contributed by atoms with van der Waals surface area (Å²) in [5.74, 6) is -1.10. The van der Waals surface area contributed by atoms with Crippen LogP contribution >= 0.6 is 0 Å². The highest BCUT2D eigenvalue weighted by Crippen LogP contribution is 2.53. The first-order valence-corrected chi connectivity index (χ1v) is 13.9. The predicted octanol–water partition coefficient (Wildman–Crippen LogP) is 6.24. The molecule has 2 aromatic rings. The van der Waals surface area contributed by atoms with E-state index in [4.69, 9.17) is 4.74 Å². The van der Waals surface area contributed by atoms with Gasteiger partial charge in [-0.05, 0) is 62.6 Å². The minimum atomic E-state index is -6.31. The number of halogens is 7. The number of amides is 2. The topological polar surface area (TPSA) is 92.8 Å². The first kappa shape index (κ1) is 32.2. The maximum atomic E-state index is 14.4. The van der Waals surface area contributed by atoms with Crippen LogP contribution in [0.3, 0.4) is 0 Å². The second-order valence-electron chi connectivity index (χ2n) is 10.3. The van der Waals surface area contributed by atoms with Gasteiger partial charge in [-0.2, -0.15) is 26.3 Å². The quantitative estimate of drug-likeness (QED) is 0.404. The van der Waals surface area contributed by atoms with Crippen molar-refractivity contribution < 1.29 is 53.5 Å². The van der Waals surface area contributed by atoms with Gasteiger partial charge in [-0.25, -0.2) is 17.6 Å². The van der Waals surface area contributed by atoms with Gasteiger partial charge in [0.05, 0.1) is 10.6 Å². The van der Waals surface area contributed by atoms with Crippen molar-refractivity contribution in [3.63, 3.8) is 0 Å². The third kappa shape index (κ3) is 6.44. The molecule has 3 rings (SSSR count). The number of carbonyl (C=O) groups is 2. The summed E-state index contributed by atoms with van der Waals surface area (Å²) in [4.78, 5) is 27.5. The summed E-state index contributed by atoms with van der Waals surface area (Å²) in [6.45, 7) is 6.16. The van der Waals surface area contributed by atoms with Crippen LogP contribution in [0.1, 0.15) is 50.4 Å². The molecular formula is C26H27F7N2O5S. The zero-order chi connectivity index (χ0) is 31.2. The Balaban J connectivity index is 2.00. The van der Waals surface area contributed by atoms with Crippen LogP contribution in [0.15, 0.2) is 47.4 Å². The van der Waals surface area contributed by atoms with Crippen LogP contribution < -0.4 is 5.32 Å². The molecule has 0 fully saturated rings. The highest BCUT2D eigenvalue weighted by molar-refractivity contribution is 7.91. The number of fused-ring (bicyclic) bond motifs is 1. The first-order valence-electron chi connectivity index (χ1n) is 12.2. The summed E-state index contributed by atoms with van der Waals surface area (Å²) >= 11 is 0. The van der Waals surface area contributed by atoms with Crippen molar-refractivity contribution in [2.24, 2.45) is 0 Å². The van der Waals surface area contributed by atoms with Gasteiger partial charge in [-0.3, -0.25) is 9.69 Å². The van der Waals surface area contributed by atoms with Gasteiger partial charge >= 0.3 is 24.1 Å². The Kier molecular flexibility index (Phi) is 8.47. The van der Waals surface area contributed by atoms with Gasteiger partial charge in [-0.1, -0.05) is 25.1 Å². The van der Waals surface area contributed by atoms with Gasteiger partial charge < -0.3 is 10.1 Å². The number of rotatable bonds is 5. The van der Waals surface area contributed by atoms with E-state index < -0.39 is 57.1 Å². The number of hydrogen-bond donors (Lipinski definition) is 1. The van der Waals surface area contributed by atoms with Crippen LogP contribution in [0, 0.1) is 0 Å². The van der Waals surface area contributed by atoms with E-state index in [1.165, 1.54) is 25.1 Å². The lowest BCUT2D eigenvalue weighted by Crippen LogP contribution is -2.50. The molecule has 1 heterocycles. The fraction of sp³-hybridized carbons (Fsp3) is 0.462. The lowest BCUT2D eigenvalue weighted by Gasteiger charge is -2.37. The van der Waals surface area contributed by atoms with E-state index in [2.05, 4.69) is 5.32 Å². The van der Waals surface area contributed by atoms with Crippen molar-refractivity contribution in [2.45, 2.75) is 68.7 Å². The second kappa shape index (κ2) is 10.8. The number of benzene rings is 2. The molecule has 1 N–H and O–H groups in total. The van der Waals surface area contributed by atoms with E-state index in [1.807, 2.05) is 0 Å². The zero-order valence-electron chi connectivity index (χ0n) is 22.3. The number of hydrogen-bond acceptors (Lipinski definition) is 5. The van der Waals surface area contributed by atoms with Crippen LogP contribution in [-0.2, 0) is 31.5 Å². The molecule has 0 radical (unpaired) electrons. The van der Waals surface area contributed by atoms with Crippen molar-refractivity contribution in [2.75, 3.05) is 17.6 Å². The normalized spacial score (nSPS) is 16.7. The molecule has 1 aliphatic heterocycles. The molecule has 15 heteroatoms. The summed E-state index contributed by atoms with van der Waals surface area (Å²) in [5, 5.41) is 2.32. The Morgan fingerprint density at radius 1 is 0.951 bits per heavy atom. The Hall–Kier alpha value is -3.36. The molecule has 7 nitrogen and oxygen atoms in total. The standard InChI is InChI=1S/C26H27F7N2O5S/c1-5-41(38,39)18-10-11-19-15(14-18)12-13-35(22(37)40-23(2,3)4)20(19)21(36)34-17-8-6-16(7-9-17)24(27,25(28,29)30)26(31,32)33/h6-11,14,20H,5,12-13H2,1-4H3,(H,34,36). The molecular weight excluding hydrogens is 585 g/mol. The fourth-order valence-corrected chi connectivity index (χ4v) is 5.18. The van der Waals surface area contributed by atoms with E-state index in [0.29, 0.717) is 17.7 Å². The molecule has 0 aromatic heterocycles. The zero-order valence-corrected chi connectivity index (χ0v) is 23.1. The number of nitrogens with zero attached hydrogens (tertiary/aromatic N) is 1. The number of sulfone groups is 1. The van der Waals surface area contributed by atoms with Crippen LogP contribution in [0.25, 0.3) is 0 Å². The summed E-state index contributed by atoms with van der Waals surface area (Å²) in [5.41, 5.74) is -7.95. The van der Waals surface area contributed by atoms with Crippen LogP contribution in [-0.4, -0.2) is 55.6 Å². The third-order valence-corrected chi connectivity index (χ3v) is 8.02. The smallest absolute Gasteiger partial charge is 0.435 e. The lowest BCUT2D eigenvalue weighted by atomic mass is 9.92. The SMILES string of the molecule is CCS(=O)(=O)c1ccc2c(c1)CCN(C(=O)OC(C)(C)C)C2C(=O)Nc1ccc(C(F)(C(F)(F)F)C(F)(F)F)cc1. The molecule has 1 aliphatic rings. The van der Waals surface area contributed by atoms with Crippen molar-refractivity contribution in [1.29, 1.82) is 0 Å². The van der Waals surface area contributed by atoms with Gasteiger partial charge in [0.2, 0.25) is 0 Å². The molecule has 2 amide bonds. The predicted molar refractivity (Wildman–Crippen MR) is 134 cm³/mol. The molecule has 226 valence electrons. The highest BCUT2D eigenvalue weighted by Gasteiger charge is 2.73. The molecule has 0 saturated carbocycles. The van der Waals surface area contributed by atoms with Gasteiger partial charge in [0, 0.05) is 17.8 Å². The second-order valence-corrected chi connectivity index (χ2v) is 12.6. The monoisotopic (exact) mass is 612 g/mol. The van der Waals surface area contributed by atoms with E-state index in [0.717, 1.165) is 4.90 Å². The molecule has 2 aromatic carbocycles. The molecule has 0 aliphatic carbocycles. The van der Waals surface area contributed by atoms with Gasteiger partial charge in [-0.15, -0.1) is 0 Å². The van der Waals surface area contributed by atoms with Crippen LogP contribution in [0.5, 0.6) is 0 Å². The Morgan fingerprint density at radius 3 is 2.00 bits per heavy atom. The number of nitrogens with one attached hydrogen (secondary N) is 1. The van der Waals surface area contributed by atoms with Crippen molar-refractivity contribution in [3.05, 3.63) is 59.2 Å². The summed E-state index contributed by atoms with van der Waals surface area (Å²) in [7, 11) is -3.61. The Bertz CT molecular complexity index is 1400. The minimum absolute atomic E-state index is 0.00301. The van der Waals surface area contributed by atoms with Gasteiger partial charge in [0.15, 0.2) is 9.84 Å². The molecule has 41 heavy (non-hydrogen) atoms. The van der Waals surface area contributed by atoms with E-state index >= 15 is 0 Å². The summed E-state index contributed by atoms with van der Waals surface area (Å²) in [6.07, 6.45) is -13.3. The summed E-state index contributed by atoms with van der Waals surface area (Å²) in [6, 6.07) is 4.42. The van der Waals surface area contributed by atoms with Crippen LogP contribution in [0.2, 0.25) is 0 Å². The molecule has 1 unspecified atom stereocenters. The maximum Gasteiger partial charge on any atom is 0.435 e. The highest BCUT2D eigenvalue weighted by atomic mass is 32.2. The number of ether oxygens (including phenoxy) is 1. The minimum Gasteiger partial charge on any atom is -0.444 e. The van der Waals surface area contributed by atoms with E-state index in [1.54, 1.807) is 20.8 Å². The largest absolute Gasteiger partial charge is 0.444 e. The molecule has 0 spiro atoms. The van der Waals surface area contributed by atoms with Crippen molar-refractivity contribution in [3.8, 4) is 0 Å². The van der Waals surface area contributed by atoms with E-state index in [-0.39, 0.29) is 47.0 Å². The maximum absolute atomic E-state index is 14.4. The first-order chi connectivity index (χ1) is 18.6. The average Bonchev–Trinajstić information content (AvgIpc) is 2.85. The lowest BCUT2D eigenvalue weighted by molar-refractivity contribution is -0.348. The summed E-state index contributed by atoms with van der Waals surface area (Å²) < 4.78 is 123. The number of anilines is 1. The fourth-order valence-electron chi connectivity index (χ4n) is 4.25. The third-order valence-electron chi connectivity index (χ3n) is 6.29.